The van der Waals surface area contributed by atoms with Gasteiger partial charge in [-0.05, 0) is 30.2 Å². The van der Waals surface area contributed by atoms with Crippen molar-refractivity contribution in [3.05, 3.63) is 45.1 Å². The minimum Gasteiger partial charge on any atom is -0.497 e. The summed E-state index contributed by atoms with van der Waals surface area (Å²) in [6, 6.07) is 6.97. The average molecular weight is 474 g/mol. The van der Waals surface area contributed by atoms with Crippen molar-refractivity contribution in [3.8, 4) is 5.75 Å². The lowest BCUT2D eigenvalue weighted by Gasteiger charge is -2.27. The first kappa shape index (κ1) is 25.0. The van der Waals surface area contributed by atoms with E-state index in [0.29, 0.717) is 11.4 Å². The van der Waals surface area contributed by atoms with E-state index in [1.54, 1.807) is 31.4 Å². The number of carbonyl (C=O) groups excluding carboxylic acids is 2. The van der Waals surface area contributed by atoms with Crippen LogP contribution in [0, 0.1) is 11.8 Å². The molecule has 2 amide bonds. The predicted octanol–water partition coefficient (Wildman–Crippen LogP) is 0.816. The van der Waals surface area contributed by atoms with Crippen LogP contribution < -0.4 is 31.5 Å². The molecule has 1 aromatic carbocycles. The number of nitrogen functional groups attached to an aromatic ring is 1. The number of hydrogen-bond donors (Lipinski definition) is 2. The number of carbonyl (C=O) groups is 2. The minimum atomic E-state index is -0.761. The average Bonchev–Trinajstić information content (AvgIpc) is 3.19. The van der Waals surface area contributed by atoms with E-state index in [0.717, 1.165) is 0 Å². The fourth-order valence-corrected chi connectivity index (χ4v) is 4.00. The molecular weight excluding hydrogens is 442 g/mol. The number of aromatic amines is 1. The third-order valence-electron chi connectivity index (χ3n) is 5.68. The van der Waals surface area contributed by atoms with Crippen molar-refractivity contribution in [3.63, 3.8) is 0 Å². The number of anilines is 3. The van der Waals surface area contributed by atoms with Crippen LogP contribution in [0.3, 0.4) is 0 Å². The summed E-state index contributed by atoms with van der Waals surface area (Å²) in [5, 5.41) is 0. The highest BCUT2D eigenvalue weighted by Crippen LogP contribution is 2.29. The van der Waals surface area contributed by atoms with Gasteiger partial charge < -0.3 is 25.0 Å². The Balaban J connectivity index is 1.94. The van der Waals surface area contributed by atoms with Gasteiger partial charge in [0.2, 0.25) is 11.8 Å². The number of H-pyrrole nitrogens is 1. The first-order valence-corrected chi connectivity index (χ1v) is 11.0. The monoisotopic (exact) mass is 473 g/mol. The molecule has 3 N–H and O–H groups in total. The van der Waals surface area contributed by atoms with Crippen molar-refractivity contribution in [1.29, 1.82) is 0 Å². The summed E-state index contributed by atoms with van der Waals surface area (Å²) in [7, 11) is 3.03. The molecule has 0 bridgehead atoms. The number of amides is 2. The van der Waals surface area contributed by atoms with Gasteiger partial charge >= 0.3 is 5.69 Å². The van der Waals surface area contributed by atoms with Crippen LogP contribution in [0.15, 0.2) is 33.9 Å². The Bertz CT molecular complexity index is 1150. The fraction of sp³-hybridized carbons (Fsp3) is 0.478. The molecule has 34 heavy (non-hydrogen) atoms. The second kappa shape index (κ2) is 10.6. The molecule has 1 saturated heterocycles. The van der Waals surface area contributed by atoms with E-state index in [2.05, 4.69) is 4.98 Å². The molecule has 11 heteroatoms. The highest BCUT2D eigenvalue weighted by atomic mass is 16.5. The number of hydrogen-bond acceptors (Lipinski definition) is 7. The SMILES string of the molecule is COCCN(C(=O)C1CC(=O)N(c2ccc(OC)cc2)C1)c1c(N)n(CC(C)C)c(=O)[nH]c1=O. The van der Waals surface area contributed by atoms with Crippen molar-refractivity contribution < 1.29 is 19.1 Å². The third kappa shape index (κ3) is 5.14. The summed E-state index contributed by atoms with van der Waals surface area (Å²) in [4.78, 5) is 56.4. The highest BCUT2D eigenvalue weighted by Gasteiger charge is 2.39. The Morgan fingerprint density at radius 3 is 2.47 bits per heavy atom. The minimum absolute atomic E-state index is 0.0161. The number of nitrogens with zero attached hydrogens (tertiary/aromatic N) is 3. The number of ether oxygens (including phenoxy) is 2. The largest absolute Gasteiger partial charge is 0.497 e. The Labute approximate surface area is 197 Å². The van der Waals surface area contributed by atoms with Gasteiger partial charge in [-0.2, -0.15) is 0 Å². The lowest BCUT2D eigenvalue weighted by Crippen LogP contribution is -2.45. The van der Waals surface area contributed by atoms with E-state index in [9.17, 15) is 19.2 Å². The van der Waals surface area contributed by atoms with E-state index in [4.69, 9.17) is 15.2 Å². The molecule has 1 atom stereocenters. The van der Waals surface area contributed by atoms with Gasteiger partial charge in [0.1, 0.15) is 11.6 Å². The molecule has 1 unspecified atom stereocenters. The zero-order valence-electron chi connectivity index (χ0n) is 19.9. The Hall–Kier alpha value is -3.60. The van der Waals surface area contributed by atoms with Crippen LogP contribution in [-0.4, -0.2) is 55.3 Å². The summed E-state index contributed by atoms with van der Waals surface area (Å²) in [5.41, 5.74) is 5.37. The number of rotatable bonds is 9. The van der Waals surface area contributed by atoms with Gasteiger partial charge in [0.05, 0.1) is 19.6 Å². The molecule has 0 spiro atoms. The van der Waals surface area contributed by atoms with Crippen molar-refractivity contribution >= 4 is 29.0 Å². The van der Waals surface area contributed by atoms with Crippen LogP contribution in [0.5, 0.6) is 5.75 Å². The van der Waals surface area contributed by atoms with E-state index in [1.165, 1.54) is 21.5 Å². The van der Waals surface area contributed by atoms with Gasteiger partial charge in [-0.3, -0.25) is 23.9 Å². The first-order chi connectivity index (χ1) is 16.2. The summed E-state index contributed by atoms with van der Waals surface area (Å²) in [6.45, 7) is 4.40. The predicted molar refractivity (Wildman–Crippen MR) is 128 cm³/mol. The maximum absolute atomic E-state index is 13.6. The zero-order chi connectivity index (χ0) is 25.0. The Kier molecular flexibility index (Phi) is 7.77. The maximum Gasteiger partial charge on any atom is 0.330 e. The second-order valence-electron chi connectivity index (χ2n) is 8.58. The van der Waals surface area contributed by atoms with Crippen molar-refractivity contribution in [2.75, 3.05) is 49.4 Å². The van der Waals surface area contributed by atoms with Crippen molar-refractivity contribution in [2.24, 2.45) is 11.8 Å². The molecule has 1 fully saturated rings. The second-order valence-corrected chi connectivity index (χ2v) is 8.58. The lowest BCUT2D eigenvalue weighted by molar-refractivity contribution is -0.124. The normalized spacial score (nSPS) is 15.7. The molecule has 0 saturated carbocycles. The third-order valence-corrected chi connectivity index (χ3v) is 5.68. The van der Waals surface area contributed by atoms with E-state index < -0.39 is 23.1 Å². The molecule has 3 rings (SSSR count). The van der Waals surface area contributed by atoms with Crippen LogP contribution in [0.4, 0.5) is 17.2 Å². The van der Waals surface area contributed by atoms with Gasteiger partial charge in [0, 0.05) is 38.9 Å². The molecule has 2 heterocycles. The van der Waals surface area contributed by atoms with Crippen LogP contribution in [-0.2, 0) is 20.9 Å². The first-order valence-electron chi connectivity index (χ1n) is 11.0. The number of nitrogens with one attached hydrogen (secondary N) is 1. The molecule has 1 aliphatic heterocycles. The van der Waals surface area contributed by atoms with Crippen LogP contribution in [0.25, 0.3) is 0 Å². The summed E-state index contributed by atoms with van der Waals surface area (Å²) in [6.07, 6.45) is -0.0161. The maximum atomic E-state index is 13.6. The quantitative estimate of drug-likeness (QED) is 0.549. The van der Waals surface area contributed by atoms with Crippen LogP contribution in [0.2, 0.25) is 0 Å². The van der Waals surface area contributed by atoms with Crippen LogP contribution >= 0.6 is 0 Å². The molecule has 2 aromatic rings. The topological polar surface area (TPSA) is 140 Å². The van der Waals surface area contributed by atoms with Gasteiger partial charge in [-0.15, -0.1) is 0 Å². The van der Waals surface area contributed by atoms with E-state index in [-0.39, 0.29) is 56.0 Å². The summed E-state index contributed by atoms with van der Waals surface area (Å²) < 4.78 is 11.5. The highest BCUT2D eigenvalue weighted by molar-refractivity contribution is 6.05. The zero-order valence-corrected chi connectivity index (χ0v) is 19.9. The fourth-order valence-electron chi connectivity index (χ4n) is 4.00. The van der Waals surface area contributed by atoms with Gasteiger partial charge in [0.25, 0.3) is 5.56 Å². The molecule has 0 radical (unpaired) electrons. The smallest absolute Gasteiger partial charge is 0.330 e. The number of nitrogens with two attached hydrogens (primary N) is 1. The number of aromatic nitrogens is 2. The molecule has 11 nitrogen and oxygen atoms in total. The Morgan fingerprint density at radius 1 is 1.21 bits per heavy atom. The molecular formula is C23H31N5O6. The molecule has 1 aromatic heterocycles. The van der Waals surface area contributed by atoms with E-state index in [1.807, 2.05) is 13.8 Å². The molecule has 184 valence electrons. The standard InChI is InChI=1S/C23H31N5O6/c1-14(2)12-28-20(24)19(21(30)25-23(28)32)26(9-10-33-3)22(31)15-11-18(29)27(13-15)16-5-7-17(34-4)8-6-16/h5-8,14-15H,9-13,24H2,1-4H3,(H,25,30,32). The Morgan fingerprint density at radius 2 is 1.88 bits per heavy atom. The summed E-state index contributed by atoms with van der Waals surface area (Å²) in [5.74, 6) is -0.707. The van der Waals surface area contributed by atoms with Gasteiger partial charge in [0.15, 0.2) is 5.69 Å². The molecule has 1 aliphatic rings. The van der Waals surface area contributed by atoms with Gasteiger partial charge in [-0.25, -0.2) is 4.79 Å². The number of methoxy groups -OCH3 is 2. The number of benzene rings is 1. The van der Waals surface area contributed by atoms with Crippen LogP contribution in [0.1, 0.15) is 20.3 Å². The van der Waals surface area contributed by atoms with E-state index >= 15 is 0 Å². The lowest BCUT2D eigenvalue weighted by atomic mass is 10.1. The summed E-state index contributed by atoms with van der Waals surface area (Å²) >= 11 is 0. The van der Waals surface area contributed by atoms with Crippen molar-refractivity contribution in [1.82, 2.24) is 9.55 Å². The van der Waals surface area contributed by atoms with Gasteiger partial charge in [-0.1, -0.05) is 13.8 Å². The molecule has 0 aliphatic carbocycles. The van der Waals surface area contributed by atoms with Crippen molar-refractivity contribution in [2.45, 2.75) is 26.8 Å².